The van der Waals surface area contributed by atoms with Gasteiger partial charge >= 0.3 is 0 Å². The van der Waals surface area contributed by atoms with Crippen LogP contribution >= 0.6 is 0 Å². The molecule has 1 saturated heterocycles. The molecular formula is C15H24N2O2. The van der Waals surface area contributed by atoms with Gasteiger partial charge in [-0.1, -0.05) is 6.92 Å². The Morgan fingerprint density at radius 2 is 2.11 bits per heavy atom. The SMILES string of the molecule is CCc1ccc(C(=O)N(CC)CC2CCNCC2)o1. The maximum atomic E-state index is 12.4. The predicted octanol–water partition coefficient (Wildman–Crippen LogP) is 2.30. The van der Waals surface area contributed by atoms with Gasteiger partial charge in [0.2, 0.25) is 0 Å². The number of carbonyl (C=O) groups excluding carboxylic acids is 1. The number of furan rings is 1. The maximum Gasteiger partial charge on any atom is 0.289 e. The fourth-order valence-electron chi connectivity index (χ4n) is 2.57. The Balaban J connectivity index is 1.97. The summed E-state index contributed by atoms with van der Waals surface area (Å²) in [5.41, 5.74) is 0. The first-order chi connectivity index (χ1) is 9.24. The quantitative estimate of drug-likeness (QED) is 0.887. The van der Waals surface area contributed by atoms with Gasteiger partial charge < -0.3 is 14.6 Å². The standard InChI is InChI=1S/C15H24N2O2/c1-3-13-5-6-14(19-13)15(18)17(4-2)11-12-7-9-16-10-8-12/h5-6,12,16H,3-4,7-11H2,1-2H3. The zero-order chi connectivity index (χ0) is 13.7. The molecule has 1 aliphatic heterocycles. The molecule has 0 radical (unpaired) electrons. The zero-order valence-corrected chi connectivity index (χ0v) is 11.9. The Kier molecular flexibility index (Phi) is 5.02. The van der Waals surface area contributed by atoms with Crippen molar-refractivity contribution in [1.82, 2.24) is 10.2 Å². The minimum absolute atomic E-state index is 0.0285. The lowest BCUT2D eigenvalue weighted by Gasteiger charge is -2.28. The second-order valence-electron chi connectivity index (χ2n) is 5.16. The molecule has 1 amide bonds. The largest absolute Gasteiger partial charge is 0.456 e. The first kappa shape index (κ1) is 14.1. The van der Waals surface area contributed by atoms with Crippen molar-refractivity contribution in [3.63, 3.8) is 0 Å². The lowest BCUT2D eigenvalue weighted by atomic mass is 9.97. The number of nitrogens with zero attached hydrogens (tertiary/aromatic N) is 1. The summed E-state index contributed by atoms with van der Waals surface area (Å²) in [5, 5.41) is 3.36. The first-order valence-corrected chi connectivity index (χ1v) is 7.33. The van der Waals surface area contributed by atoms with Crippen LogP contribution in [-0.2, 0) is 6.42 Å². The Labute approximate surface area is 115 Å². The Morgan fingerprint density at radius 3 is 2.68 bits per heavy atom. The molecule has 0 aromatic carbocycles. The molecule has 106 valence electrons. The van der Waals surface area contributed by atoms with E-state index >= 15 is 0 Å². The highest BCUT2D eigenvalue weighted by Crippen LogP contribution is 2.16. The van der Waals surface area contributed by atoms with Crippen LogP contribution in [0.15, 0.2) is 16.5 Å². The van der Waals surface area contributed by atoms with E-state index in [1.807, 2.05) is 24.8 Å². The van der Waals surface area contributed by atoms with Gasteiger partial charge in [-0.25, -0.2) is 0 Å². The minimum Gasteiger partial charge on any atom is -0.456 e. The molecular weight excluding hydrogens is 240 g/mol. The number of hydrogen-bond donors (Lipinski definition) is 1. The van der Waals surface area contributed by atoms with E-state index in [-0.39, 0.29) is 5.91 Å². The average Bonchev–Trinajstić information content (AvgIpc) is 2.94. The molecule has 1 aromatic heterocycles. The van der Waals surface area contributed by atoms with Gasteiger partial charge in [-0.2, -0.15) is 0 Å². The summed E-state index contributed by atoms with van der Waals surface area (Å²) in [4.78, 5) is 14.3. The smallest absolute Gasteiger partial charge is 0.289 e. The van der Waals surface area contributed by atoms with Crippen molar-refractivity contribution in [2.45, 2.75) is 33.1 Å². The predicted molar refractivity (Wildman–Crippen MR) is 75.3 cm³/mol. The summed E-state index contributed by atoms with van der Waals surface area (Å²) in [6, 6.07) is 3.69. The number of aryl methyl sites for hydroxylation is 1. The molecule has 4 nitrogen and oxygen atoms in total. The molecule has 0 bridgehead atoms. The highest BCUT2D eigenvalue weighted by Gasteiger charge is 2.22. The van der Waals surface area contributed by atoms with Gasteiger partial charge in [-0.3, -0.25) is 4.79 Å². The van der Waals surface area contributed by atoms with Gasteiger partial charge in [0.05, 0.1) is 0 Å². The van der Waals surface area contributed by atoms with Crippen LogP contribution in [-0.4, -0.2) is 37.0 Å². The molecule has 0 atom stereocenters. The van der Waals surface area contributed by atoms with E-state index in [1.54, 1.807) is 6.07 Å². The number of piperidine rings is 1. The van der Waals surface area contributed by atoms with Crippen LogP contribution in [0.25, 0.3) is 0 Å². The molecule has 1 N–H and O–H groups in total. The molecule has 0 saturated carbocycles. The summed E-state index contributed by atoms with van der Waals surface area (Å²) >= 11 is 0. The van der Waals surface area contributed by atoms with Gasteiger partial charge in [0.15, 0.2) is 5.76 Å². The van der Waals surface area contributed by atoms with Crippen molar-refractivity contribution in [3.8, 4) is 0 Å². The van der Waals surface area contributed by atoms with Gasteiger partial charge in [-0.15, -0.1) is 0 Å². The van der Waals surface area contributed by atoms with Crippen molar-refractivity contribution in [1.29, 1.82) is 0 Å². The summed E-state index contributed by atoms with van der Waals surface area (Å²) in [6.07, 6.45) is 3.14. The van der Waals surface area contributed by atoms with Crippen LogP contribution in [0.2, 0.25) is 0 Å². The summed E-state index contributed by atoms with van der Waals surface area (Å²) in [7, 11) is 0. The molecule has 1 aliphatic rings. The molecule has 1 aromatic rings. The van der Waals surface area contributed by atoms with E-state index in [0.29, 0.717) is 11.7 Å². The van der Waals surface area contributed by atoms with Gasteiger partial charge in [0.1, 0.15) is 5.76 Å². The summed E-state index contributed by atoms with van der Waals surface area (Å²) in [5.74, 6) is 2.00. The molecule has 19 heavy (non-hydrogen) atoms. The van der Waals surface area contributed by atoms with Gasteiger partial charge in [0.25, 0.3) is 5.91 Å². The lowest BCUT2D eigenvalue weighted by molar-refractivity contribution is 0.0693. The molecule has 2 rings (SSSR count). The first-order valence-electron chi connectivity index (χ1n) is 7.33. The third-order valence-corrected chi connectivity index (χ3v) is 3.83. The van der Waals surface area contributed by atoms with Crippen LogP contribution in [0.3, 0.4) is 0 Å². The third kappa shape index (κ3) is 3.60. The molecule has 4 heteroatoms. The second-order valence-corrected chi connectivity index (χ2v) is 5.16. The zero-order valence-electron chi connectivity index (χ0n) is 11.9. The number of carbonyl (C=O) groups is 1. The Hall–Kier alpha value is -1.29. The van der Waals surface area contributed by atoms with Crippen LogP contribution in [0.5, 0.6) is 0 Å². The van der Waals surface area contributed by atoms with Crippen LogP contribution in [0.1, 0.15) is 43.0 Å². The number of hydrogen-bond acceptors (Lipinski definition) is 3. The van der Waals surface area contributed by atoms with Crippen LogP contribution in [0, 0.1) is 5.92 Å². The van der Waals surface area contributed by atoms with Gasteiger partial charge in [0, 0.05) is 19.5 Å². The van der Waals surface area contributed by atoms with E-state index in [1.165, 1.54) is 0 Å². The number of amides is 1. The van der Waals surface area contributed by atoms with E-state index in [0.717, 1.165) is 51.2 Å². The van der Waals surface area contributed by atoms with Gasteiger partial charge in [-0.05, 0) is 50.9 Å². The van der Waals surface area contributed by atoms with Crippen molar-refractivity contribution < 1.29 is 9.21 Å². The van der Waals surface area contributed by atoms with E-state index < -0.39 is 0 Å². The highest BCUT2D eigenvalue weighted by molar-refractivity contribution is 5.91. The normalized spacial score (nSPS) is 16.5. The molecule has 0 aliphatic carbocycles. The molecule has 1 fully saturated rings. The monoisotopic (exact) mass is 264 g/mol. The molecule has 0 spiro atoms. The Morgan fingerprint density at radius 1 is 1.37 bits per heavy atom. The number of nitrogens with one attached hydrogen (secondary N) is 1. The fraction of sp³-hybridized carbons (Fsp3) is 0.667. The minimum atomic E-state index is 0.0285. The topological polar surface area (TPSA) is 45.5 Å². The number of rotatable bonds is 5. The van der Waals surface area contributed by atoms with E-state index in [9.17, 15) is 4.79 Å². The third-order valence-electron chi connectivity index (χ3n) is 3.83. The summed E-state index contributed by atoms with van der Waals surface area (Å²) < 4.78 is 5.56. The average molecular weight is 264 g/mol. The Bertz CT molecular complexity index is 408. The van der Waals surface area contributed by atoms with Crippen molar-refractivity contribution in [2.75, 3.05) is 26.2 Å². The van der Waals surface area contributed by atoms with Crippen molar-refractivity contribution in [3.05, 3.63) is 23.7 Å². The van der Waals surface area contributed by atoms with E-state index in [2.05, 4.69) is 5.32 Å². The van der Waals surface area contributed by atoms with E-state index in [4.69, 9.17) is 4.42 Å². The fourth-order valence-corrected chi connectivity index (χ4v) is 2.57. The van der Waals surface area contributed by atoms with Crippen molar-refractivity contribution in [2.24, 2.45) is 5.92 Å². The maximum absolute atomic E-state index is 12.4. The highest BCUT2D eigenvalue weighted by atomic mass is 16.4. The summed E-state index contributed by atoms with van der Waals surface area (Å²) in [6.45, 7) is 7.78. The lowest BCUT2D eigenvalue weighted by Crippen LogP contribution is -2.39. The molecule has 0 unspecified atom stereocenters. The van der Waals surface area contributed by atoms with Crippen LogP contribution in [0.4, 0.5) is 0 Å². The molecule has 2 heterocycles. The van der Waals surface area contributed by atoms with Crippen LogP contribution < -0.4 is 5.32 Å². The van der Waals surface area contributed by atoms with Crippen molar-refractivity contribution >= 4 is 5.91 Å². The second kappa shape index (κ2) is 6.75.